The molecular formula is C16H30O4. The molecule has 0 amide bonds. The predicted molar refractivity (Wildman–Crippen MR) is 80.3 cm³/mol. The zero-order chi connectivity index (χ0) is 15.1. The fourth-order valence-electron chi connectivity index (χ4n) is 2.08. The lowest BCUT2D eigenvalue weighted by atomic mass is 10.0. The van der Waals surface area contributed by atoms with Gasteiger partial charge in [-0.05, 0) is 33.1 Å². The Morgan fingerprint density at radius 1 is 0.950 bits per heavy atom. The van der Waals surface area contributed by atoms with Gasteiger partial charge in [-0.3, -0.25) is 0 Å². The summed E-state index contributed by atoms with van der Waals surface area (Å²) in [5.74, 6) is 1.98. The molecule has 0 heterocycles. The van der Waals surface area contributed by atoms with E-state index < -0.39 is 6.29 Å². The third kappa shape index (κ3) is 10.2. The van der Waals surface area contributed by atoms with Gasteiger partial charge in [-0.1, -0.05) is 32.1 Å². The highest BCUT2D eigenvalue weighted by Gasteiger charge is 2.15. The van der Waals surface area contributed by atoms with Gasteiger partial charge >= 0.3 is 0 Å². The quantitative estimate of drug-likeness (QED) is 0.302. The molecule has 0 aromatic carbocycles. The highest BCUT2D eigenvalue weighted by atomic mass is 16.7. The molecule has 1 N–H and O–H groups in total. The summed E-state index contributed by atoms with van der Waals surface area (Å²) in [5.41, 5.74) is 0.592. The number of rotatable bonds is 14. The Hall–Kier alpha value is -0.670. The molecule has 0 radical (unpaired) electrons. The molecule has 0 bridgehead atoms. The summed E-state index contributed by atoms with van der Waals surface area (Å²) in [6, 6.07) is 0. The van der Waals surface area contributed by atoms with Crippen molar-refractivity contribution in [2.45, 2.75) is 71.5 Å². The number of carbonyl (C=O) groups excluding carboxylic acids is 1. The molecule has 0 aromatic heterocycles. The van der Waals surface area contributed by atoms with Crippen molar-refractivity contribution >= 4 is 5.94 Å². The van der Waals surface area contributed by atoms with Crippen molar-refractivity contribution in [1.82, 2.24) is 0 Å². The molecule has 0 saturated heterocycles. The lowest BCUT2D eigenvalue weighted by Gasteiger charge is -2.17. The minimum Gasteiger partial charge on any atom is -0.396 e. The van der Waals surface area contributed by atoms with Gasteiger partial charge in [0.15, 0.2) is 6.29 Å². The molecule has 0 aliphatic heterocycles. The summed E-state index contributed by atoms with van der Waals surface area (Å²) in [6.45, 7) is 5.13. The van der Waals surface area contributed by atoms with E-state index in [9.17, 15) is 4.79 Å². The molecule has 0 spiro atoms. The van der Waals surface area contributed by atoms with Crippen molar-refractivity contribution in [1.29, 1.82) is 0 Å². The molecule has 0 rings (SSSR count). The summed E-state index contributed by atoms with van der Waals surface area (Å²) in [6.07, 6.45) is 7.81. The second kappa shape index (κ2) is 14.7. The average Bonchev–Trinajstić information content (AvgIpc) is 2.46. The second-order valence-corrected chi connectivity index (χ2v) is 4.82. The van der Waals surface area contributed by atoms with Gasteiger partial charge in [0.05, 0.1) is 5.57 Å². The van der Waals surface area contributed by atoms with Crippen molar-refractivity contribution in [2.24, 2.45) is 0 Å². The number of unbranched alkanes of at least 4 members (excludes halogenated alkanes) is 6. The topological polar surface area (TPSA) is 55.8 Å². The maximum Gasteiger partial charge on any atom is 0.190 e. The number of aliphatic hydroxyl groups excluding tert-OH is 1. The first-order valence-corrected chi connectivity index (χ1v) is 7.88. The third-order valence-corrected chi connectivity index (χ3v) is 3.16. The fourth-order valence-corrected chi connectivity index (χ4v) is 2.08. The second-order valence-electron chi connectivity index (χ2n) is 4.82. The standard InChI is InChI=1S/C16H30O4/c1-3-19-16(20-4-2)15(14-18)12-10-8-6-5-7-9-11-13-17/h16-17H,3-13H2,1-2H3. The van der Waals surface area contributed by atoms with Crippen LogP contribution >= 0.6 is 0 Å². The van der Waals surface area contributed by atoms with Crippen LogP contribution in [0, 0.1) is 0 Å². The van der Waals surface area contributed by atoms with Crippen LogP contribution in [-0.2, 0) is 14.3 Å². The molecule has 0 fully saturated rings. The van der Waals surface area contributed by atoms with Gasteiger partial charge in [0.25, 0.3) is 0 Å². The first kappa shape index (κ1) is 19.3. The SMILES string of the molecule is CCOC(OCC)C(=C=O)CCCCCCCCCO. The zero-order valence-corrected chi connectivity index (χ0v) is 13.0. The van der Waals surface area contributed by atoms with E-state index in [1.54, 1.807) is 0 Å². The van der Waals surface area contributed by atoms with Crippen molar-refractivity contribution in [3.8, 4) is 0 Å². The van der Waals surface area contributed by atoms with Gasteiger partial charge in [0, 0.05) is 19.8 Å². The monoisotopic (exact) mass is 286 g/mol. The van der Waals surface area contributed by atoms with Crippen LogP contribution in [0.2, 0.25) is 0 Å². The Kier molecular flexibility index (Phi) is 14.2. The van der Waals surface area contributed by atoms with E-state index in [1.807, 2.05) is 19.8 Å². The van der Waals surface area contributed by atoms with Gasteiger partial charge in [-0.25, -0.2) is 4.79 Å². The third-order valence-electron chi connectivity index (χ3n) is 3.16. The molecule has 118 valence electrons. The fraction of sp³-hybridized carbons (Fsp3) is 0.875. The highest BCUT2D eigenvalue weighted by molar-refractivity contribution is 5.53. The van der Waals surface area contributed by atoms with Crippen LogP contribution in [0.3, 0.4) is 0 Å². The molecule has 0 unspecified atom stereocenters. The Balaban J connectivity index is 3.76. The number of aliphatic hydroxyl groups is 1. The lowest BCUT2D eigenvalue weighted by Crippen LogP contribution is -2.20. The molecule has 0 aliphatic carbocycles. The number of ether oxygens (including phenoxy) is 2. The zero-order valence-electron chi connectivity index (χ0n) is 13.0. The Labute approximate surface area is 123 Å². The van der Waals surface area contributed by atoms with E-state index >= 15 is 0 Å². The highest BCUT2D eigenvalue weighted by Crippen LogP contribution is 2.16. The molecule has 4 nitrogen and oxygen atoms in total. The molecule has 4 heteroatoms. The van der Waals surface area contributed by atoms with E-state index in [-0.39, 0.29) is 0 Å². The number of hydrogen-bond acceptors (Lipinski definition) is 4. The summed E-state index contributed by atoms with van der Waals surface area (Å²) in [5, 5.41) is 8.67. The Morgan fingerprint density at radius 2 is 1.45 bits per heavy atom. The smallest absolute Gasteiger partial charge is 0.190 e. The van der Waals surface area contributed by atoms with Gasteiger partial charge in [-0.15, -0.1) is 0 Å². The Bertz CT molecular complexity index is 253. The van der Waals surface area contributed by atoms with Crippen LogP contribution < -0.4 is 0 Å². The molecule has 0 saturated carbocycles. The van der Waals surface area contributed by atoms with Crippen LogP contribution in [-0.4, -0.2) is 37.2 Å². The minimum atomic E-state index is -0.521. The lowest BCUT2D eigenvalue weighted by molar-refractivity contribution is -0.112. The van der Waals surface area contributed by atoms with E-state index in [2.05, 4.69) is 0 Å². The van der Waals surface area contributed by atoms with E-state index in [0.29, 0.717) is 31.8 Å². The van der Waals surface area contributed by atoms with Crippen LogP contribution in [0.4, 0.5) is 0 Å². The average molecular weight is 286 g/mol. The Morgan fingerprint density at radius 3 is 1.90 bits per heavy atom. The normalized spacial score (nSPS) is 10.8. The van der Waals surface area contributed by atoms with Gasteiger partial charge in [0.2, 0.25) is 0 Å². The molecule has 20 heavy (non-hydrogen) atoms. The van der Waals surface area contributed by atoms with E-state index in [0.717, 1.165) is 25.7 Å². The van der Waals surface area contributed by atoms with Crippen LogP contribution in [0.25, 0.3) is 0 Å². The largest absolute Gasteiger partial charge is 0.396 e. The molecule has 0 atom stereocenters. The van der Waals surface area contributed by atoms with Gasteiger partial charge in [0.1, 0.15) is 5.94 Å². The first-order valence-electron chi connectivity index (χ1n) is 7.88. The predicted octanol–water partition coefficient (Wildman–Crippen LogP) is 3.26. The summed E-state index contributed by atoms with van der Waals surface area (Å²) < 4.78 is 10.8. The van der Waals surface area contributed by atoms with E-state index in [1.165, 1.54) is 19.3 Å². The van der Waals surface area contributed by atoms with E-state index in [4.69, 9.17) is 14.6 Å². The minimum absolute atomic E-state index is 0.295. The molecule has 0 aliphatic rings. The number of hydrogen-bond donors (Lipinski definition) is 1. The summed E-state index contributed by atoms with van der Waals surface area (Å²) in [7, 11) is 0. The maximum absolute atomic E-state index is 11.0. The van der Waals surface area contributed by atoms with Crippen LogP contribution in [0.15, 0.2) is 5.57 Å². The first-order chi connectivity index (χ1) is 9.79. The summed E-state index contributed by atoms with van der Waals surface area (Å²) in [4.78, 5) is 11.0. The van der Waals surface area contributed by atoms with Crippen molar-refractivity contribution in [3.05, 3.63) is 5.57 Å². The van der Waals surface area contributed by atoms with Gasteiger partial charge in [-0.2, -0.15) is 0 Å². The summed E-state index contributed by atoms with van der Waals surface area (Å²) >= 11 is 0. The van der Waals surface area contributed by atoms with Crippen molar-refractivity contribution in [3.63, 3.8) is 0 Å². The molecular weight excluding hydrogens is 256 g/mol. The van der Waals surface area contributed by atoms with Crippen LogP contribution in [0.5, 0.6) is 0 Å². The van der Waals surface area contributed by atoms with Crippen molar-refractivity contribution < 1.29 is 19.4 Å². The maximum atomic E-state index is 11.0. The van der Waals surface area contributed by atoms with Crippen molar-refractivity contribution in [2.75, 3.05) is 19.8 Å². The van der Waals surface area contributed by atoms with Crippen LogP contribution in [0.1, 0.15) is 65.2 Å². The van der Waals surface area contributed by atoms with Gasteiger partial charge < -0.3 is 14.6 Å². The molecule has 0 aromatic rings.